The Bertz CT molecular complexity index is 604. The molecule has 2 nitrogen and oxygen atoms in total. The van der Waals surface area contributed by atoms with Gasteiger partial charge in [-0.25, -0.2) is 0 Å². The largest absolute Gasteiger partial charge is 0.496 e. The van der Waals surface area contributed by atoms with Crippen LogP contribution in [0.5, 0.6) is 5.75 Å². The lowest BCUT2D eigenvalue weighted by Gasteiger charge is -2.18. The van der Waals surface area contributed by atoms with Gasteiger partial charge in [-0.05, 0) is 36.5 Å². The standard InChI is InChI=1S/C19H25NO/c1-13(2)10-15-6-5-7-16(12-15)19(20)17-11-14(3)8-9-18(17)21-4/h5-9,11-13,19H,10,20H2,1-4H3. The summed E-state index contributed by atoms with van der Waals surface area (Å²) in [4.78, 5) is 0. The van der Waals surface area contributed by atoms with Crippen LogP contribution in [0.15, 0.2) is 42.5 Å². The number of rotatable bonds is 5. The number of benzene rings is 2. The fourth-order valence-electron chi connectivity index (χ4n) is 2.66. The maximum atomic E-state index is 6.48. The van der Waals surface area contributed by atoms with Crippen LogP contribution in [-0.2, 0) is 6.42 Å². The van der Waals surface area contributed by atoms with Gasteiger partial charge in [0, 0.05) is 5.56 Å². The van der Waals surface area contributed by atoms with Gasteiger partial charge in [0.25, 0.3) is 0 Å². The van der Waals surface area contributed by atoms with E-state index in [-0.39, 0.29) is 6.04 Å². The van der Waals surface area contributed by atoms with Crippen molar-refractivity contribution in [3.63, 3.8) is 0 Å². The minimum absolute atomic E-state index is 0.160. The Morgan fingerprint density at radius 3 is 2.52 bits per heavy atom. The molecule has 0 bridgehead atoms. The Balaban J connectivity index is 2.35. The third kappa shape index (κ3) is 3.85. The molecular formula is C19H25NO. The molecule has 0 heterocycles. The van der Waals surface area contributed by atoms with Gasteiger partial charge in [0.1, 0.15) is 5.75 Å². The third-order valence-electron chi connectivity index (χ3n) is 3.67. The van der Waals surface area contributed by atoms with Crippen LogP contribution in [0.2, 0.25) is 0 Å². The Kier molecular flexibility index (Phi) is 5.03. The predicted octanol–water partition coefficient (Wildman–Crippen LogP) is 4.25. The van der Waals surface area contributed by atoms with Gasteiger partial charge in [-0.3, -0.25) is 0 Å². The van der Waals surface area contributed by atoms with Crippen LogP contribution < -0.4 is 10.5 Å². The van der Waals surface area contributed by atoms with Gasteiger partial charge in [0.15, 0.2) is 0 Å². The number of aryl methyl sites for hydroxylation is 1. The molecule has 21 heavy (non-hydrogen) atoms. The Morgan fingerprint density at radius 2 is 1.86 bits per heavy atom. The van der Waals surface area contributed by atoms with Crippen LogP contribution >= 0.6 is 0 Å². The molecule has 0 radical (unpaired) electrons. The van der Waals surface area contributed by atoms with Crippen molar-refractivity contribution in [2.45, 2.75) is 33.2 Å². The topological polar surface area (TPSA) is 35.2 Å². The van der Waals surface area contributed by atoms with Gasteiger partial charge in [0.2, 0.25) is 0 Å². The van der Waals surface area contributed by atoms with Gasteiger partial charge in [-0.1, -0.05) is 55.8 Å². The zero-order chi connectivity index (χ0) is 15.4. The minimum atomic E-state index is -0.160. The lowest BCUT2D eigenvalue weighted by atomic mass is 9.94. The quantitative estimate of drug-likeness (QED) is 0.890. The van der Waals surface area contributed by atoms with E-state index < -0.39 is 0 Å². The summed E-state index contributed by atoms with van der Waals surface area (Å²) in [6, 6.07) is 14.6. The Morgan fingerprint density at radius 1 is 1.10 bits per heavy atom. The molecule has 0 aromatic heterocycles. The average molecular weight is 283 g/mol. The molecule has 0 aliphatic rings. The third-order valence-corrected chi connectivity index (χ3v) is 3.67. The molecule has 2 rings (SSSR count). The summed E-state index contributed by atoms with van der Waals surface area (Å²) >= 11 is 0. The summed E-state index contributed by atoms with van der Waals surface area (Å²) in [6.07, 6.45) is 1.07. The van der Waals surface area contributed by atoms with E-state index in [9.17, 15) is 0 Å². The summed E-state index contributed by atoms with van der Waals surface area (Å²) in [7, 11) is 1.69. The molecule has 112 valence electrons. The van der Waals surface area contributed by atoms with Crippen molar-refractivity contribution in [1.82, 2.24) is 0 Å². The van der Waals surface area contributed by atoms with Crippen LogP contribution in [0.3, 0.4) is 0 Å². The molecule has 0 amide bonds. The second-order valence-electron chi connectivity index (χ2n) is 6.07. The van der Waals surface area contributed by atoms with E-state index in [2.05, 4.69) is 51.1 Å². The number of methoxy groups -OCH3 is 1. The van der Waals surface area contributed by atoms with E-state index in [1.165, 1.54) is 11.1 Å². The highest BCUT2D eigenvalue weighted by Crippen LogP contribution is 2.29. The maximum absolute atomic E-state index is 6.48. The zero-order valence-corrected chi connectivity index (χ0v) is 13.4. The highest BCUT2D eigenvalue weighted by atomic mass is 16.5. The Hall–Kier alpha value is -1.80. The summed E-state index contributed by atoms with van der Waals surface area (Å²) in [5, 5.41) is 0. The van der Waals surface area contributed by atoms with Crippen molar-refractivity contribution in [2.75, 3.05) is 7.11 Å². The van der Waals surface area contributed by atoms with Gasteiger partial charge in [-0.15, -0.1) is 0 Å². The number of nitrogens with two attached hydrogens (primary N) is 1. The normalized spacial score (nSPS) is 12.5. The molecule has 1 unspecified atom stereocenters. The van der Waals surface area contributed by atoms with E-state index in [4.69, 9.17) is 10.5 Å². The summed E-state index contributed by atoms with van der Waals surface area (Å²) in [5.74, 6) is 1.49. The first-order valence-electron chi connectivity index (χ1n) is 7.50. The zero-order valence-electron chi connectivity index (χ0n) is 13.4. The second-order valence-corrected chi connectivity index (χ2v) is 6.07. The van der Waals surface area contributed by atoms with Crippen LogP contribution in [0.4, 0.5) is 0 Å². The van der Waals surface area contributed by atoms with E-state index >= 15 is 0 Å². The maximum Gasteiger partial charge on any atom is 0.123 e. The average Bonchev–Trinajstić information content (AvgIpc) is 2.46. The minimum Gasteiger partial charge on any atom is -0.496 e. The highest BCUT2D eigenvalue weighted by Gasteiger charge is 2.14. The summed E-state index contributed by atoms with van der Waals surface area (Å²) in [6.45, 7) is 6.54. The molecule has 0 spiro atoms. The number of hydrogen-bond donors (Lipinski definition) is 1. The van der Waals surface area contributed by atoms with Crippen molar-refractivity contribution >= 4 is 0 Å². The van der Waals surface area contributed by atoms with Crippen molar-refractivity contribution in [1.29, 1.82) is 0 Å². The van der Waals surface area contributed by atoms with Crippen LogP contribution in [0, 0.1) is 12.8 Å². The fourth-order valence-corrected chi connectivity index (χ4v) is 2.66. The van der Waals surface area contributed by atoms with Gasteiger partial charge in [-0.2, -0.15) is 0 Å². The van der Waals surface area contributed by atoms with Crippen molar-refractivity contribution < 1.29 is 4.74 Å². The second kappa shape index (κ2) is 6.77. The molecular weight excluding hydrogens is 258 g/mol. The summed E-state index contributed by atoms with van der Waals surface area (Å²) < 4.78 is 5.46. The predicted molar refractivity (Wildman–Crippen MR) is 88.7 cm³/mol. The molecule has 2 N–H and O–H groups in total. The van der Waals surface area contributed by atoms with Crippen molar-refractivity contribution in [3.05, 3.63) is 64.7 Å². The monoisotopic (exact) mass is 283 g/mol. The lowest BCUT2D eigenvalue weighted by molar-refractivity contribution is 0.407. The van der Waals surface area contributed by atoms with E-state index in [1.54, 1.807) is 7.11 Å². The SMILES string of the molecule is COc1ccc(C)cc1C(N)c1cccc(CC(C)C)c1. The molecule has 2 aromatic carbocycles. The number of hydrogen-bond acceptors (Lipinski definition) is 2. The summed E-state index contributed by atoms with van der Waals surface area (Å²) in [5.41, 5.74) is 11.2. The molecule has 0 saturated carbocycles. The first-order chi connectivity index (χ1) is 10.0. The molecule has 0 fully saturated rings. The van der Waals surface area contributed by atoms with Crippen molar-refractivity contribution in [3.8, 4) is 5.75 Å². The molecule has 2 aromatic rings. The Labute approximate surface area is 127 Å². The van der Waals surface area contributed by atoms with E-state index in [0.29, 0.717) is 5.92 Å². The first kappa shape index (κ1) is 15.6. The van der Waals surface area contributed by atoms with Gasteiger partial charge >= 0.3 is 0 Å². The van der Waals surface area contributed by atoms with Crippen LogP contribution in [0.1, 0.15) is 42.1 Å². The van der Waals surface area contributed by atoms with Crippen LogP contribution in [0.25, 0.3) is 0 Å². The highest BCUT2D eigenvalue weighted by molar-refractivity contribution is 5.44. The molecule has 0 saturated heterocycles. The first-order valence-corrected chi connectivity index (χ1v) is 7.50. The fraction of sp³-hybridized carbons (Fsp3) is 0.368. The van der Waals surface area contributed by atoms with Crippen LogP contribution in [-0.4, -0.2) is 7.11 Å². The molecule has 0 aliphatic carbocycles. The van der Waals surface area contributed by atoms with Gasteiger partial charge < -0.3 is 10.5 Å². The number of ether oxygens (including phenoxy) is 1. The van der Waals surface area contributed by atoms with Gasteiger partial charge in [0.05, 0.1) is 13.2 Å². The smallest absolute Gasteiger partial charge is 0.123 e. The molecule has 0 aliphatic heterocycles. The molecule has 1 atom stereocenters. The molecule has 2 heteroatoms. The van der Waals surface area contributed by atoms with E-state index in [0.717, 1.165) is 23.3 Å². The van der Waals surface area contributed by atoms with Crippen molar-refractivity contribution in [2.24, 2.45) is 11.7 Å². The van der Waals surface area contributed by atoms with E-state index in [1.807, 2.05) is 12.1 Å². The lowest BCUT2D eigenvalue weighted by Crippen LogP contribution is -2.13.